The lowest BCUT2D eigenvalue weighted by Gasteiger charge is -2.33. The molecule has 0 spiro atoms. The third kappa shape index (κ3) is 9.25. The van der Waals surface area contributed by atoms with Crippen LogP contribution in [0.3, 0.4) is 0 Å². The van der Waals surface area contributed by atoms with E-state index < -0.39 is 78.2 Å². The third-order valence-electron chi connectivity index (χ3n) is 5.70. The summed E-state index contributed by atoms with van der Waals surface area (Å²) in [7, 11) is 0. The number of ketones is 2. The molecule has 33 heavy (non-hydrogen) atoms. The van der Waals surface area contributed by atoms with Crippen molar-refractivity contribution in [1.29, 1.82) is 0 Å². The fourth-order valence-electron chi connectivity index (χ4n) is 3.14. The van der Waals surface area contributed by atoms with Crippen molar-refractivity contribution in [2.75, 3.05) is 0 Å². The molecule has 0 aliphatic rings. The molecule has 0 amide bonds. The molecule has 188 valence electrons. The highest BCUT2D eigenvalue weighted by molar-refractivity contribution is 5.88. The van der Waals surface area contributed by atoms with Crippen molar-refractivity contribution in [3.63, 3.8) is 0 Å². The summed E-state index contributed by atoms with van der Waals surface area (Å²) in [6, 6.07) is 0. The summed E-state index contributed by atoms with van der Waals surface area (Å²) in [6.45, 7) is 13.9. The average molecular weight is 477 g/mol. The number of aliphatic hydroxyl groups excluding tert-OH is 2. The second-order valence-electron chi connectivity index (χ2n) is 8.72. The maximum absolute atomic E-state index is 13.0. The standard InChI is InChI=1S/C24H35F3O6/c1-8-10-17(24(25,26)27)11-12-18(16(5)28)33-20(30)13-19(29)23(6,7)22(32)15(4)21(31)14(3)9-2/h8-9,11,14-15,18-19,21,29,31H,1-2,10,12-13H2,3-7H3/b17-11+/t14-,15+,18-,19-,21-/m0/s1. The Morgan fingerprint density at radius 1 is 1.09 bits per heavy atom. The van der Waals surface area contributed by atoms with E-state index in [-0.39, 0.29) is 5.92 Å². The van der Waals surface area contributed by atoms with Gasteiger partial charge in [0, 0.05) is 23.8 Å². The number of allylic oxidation sites excluding steroid dienone is 2. The first-order valence-electron chi connectivity index (χ1n) is 10.6. The van der Waals surface area contributed by atoms with E-state index >= 15 is 0 Å². The van der Waals surface area contributed by atoms with Gasteiger partial charge in [0.1, 0.15) is 5.78 Å². The van der Waals surface area contributed by atoms with Gasteiger partial charge >= 0.3 is 12.1 Å². The zero-order chi connectivity index (χ0) is 26.1. The quantitative estimate of drug-likeness (QED) is 0.289. The van der Waals surface area contributed by atoms with Crippen molar-refractivity contribution >= 4 is 17.5 Å². The Labute approximate surface area is 193 Å². The molecule has 0 aromatic heterocycles. The minimum absolute atomic E-state index is 0.381. The van der Waals surface area contributed by atoms with Crippen LogP contribution < -0.4 is 0 Å². The summed E-state index contributed by atoms with van der Waals surface area (Å²) in [5.41, 5.74) is -2.37. The third-order valence-corrected chi connectivity index (χ3v) is 5.70. The van der Waals surface area contributed by atoms with E-state index in [1.54, 1.807) is 6.92 Å². The van der Waals surface area contributed by atoms with Crippen LogP contribution in [-0.2, 0) is 19.1 Å². The molecule has 0 aromatic rings. The maximum Gasteiger partial charge on any atom is 0.412 e. The summed E-state index contributed by atoms with van der Waals surface area (Å²) >= 11 is 0. The van der Waals surface area contributed by atoms with Crippen LogP contribution in [0.4, 0.5) is 13.2 Å². The van der Waals surface area contributed by atoms with Crippen LogP contribution in [0, 0.1) is 17.3 Å². The number of hydrogen-bond donors (Lipinski definition) is 2. The predicted octanol–water partition coefficient (Wildman–Crippen LogP) is 4.11. The van der Waals surface area contributed by atoms with Crippen molar-refractivity contribution in [2.45, 2.75) is 78.4 Å². The number of hydrogen-bond acceptors (Lipinski definition) is 6. The van der Waals surface area contributed by atoms with Gasteiger partial charge in [-0.05, 0) is 13.3 Å². The number of rotatable bonds is 14. The molecule has 0 aliphatic heterocycles. The minimum Gasteiger partial charge on any atom is -0.454 e. The van der Waals surface area contributed by atoms with Crippen LogP contribution in [0.2, 0.25) is 0 Å². The van der Waals surface area contributed by atoms with Crippen LogP contribution in [0.15, 0.2) is 37.0 Å². The van der Waals surface area contributed by atoms with Gasteiger partial charge in [0.15, 0.2) is 11.9 Å². The molecule has 0 radical (unpaired) electrons. The van der Waals surface area contributed by atoms with E-state index in [1.165, 1.54) is 26.8 Å². The highest BCUT2D eigenvalue weighted by Gasteiger charge is 2.42. The first-order chi connectivity index (χ1) is 15.0. The number of carbonyl (C=O) groups excluding carboxylic acids is 3. The lowest BCUT2D eigenvalue weighted by atomic mass is 9.73. The van der Waals surface area contributed by atoms with Gasteiger partial charge in [-0.1, -0.05) is 45.9 Å². The molecule has 0 unspecified atom stereocenters. The predicted molar refractivity (Wildman–Crippen MR) is 118 cm³/mol. The molecule has 2 N–H and O–H groups in total. The van der Waals surface area contributed by atoms with E-state index in [4.69, 9.17) is 4.74 Å². The van der Waals surface area contributed by atoms with Crippen LogP contribution in [0.1, 0.15) is 53.9 Å². The summed E-state index contributed by atoms with van der Waals surface area (Å²) in [6.07, 6.45) is -6.94. The molecule has 0 aliphatic carbocycles. The molecule has 0 saturated heterocycles. The summed E-state index contributed by atoms with van der Waals surface area (Å²) in [5, 5.41) is 20.8. The Bertz CT molecular complexity index is 754. The normalized spacial score (nSPS) is 17.3. The van der Waals surface area contributed by atoms with Gasteiger partial charge < -0.3 is 14.9 Å². The smallest absolute Gasteiger partial charge is 0.412 e. The van der Waals surface area contributed by atoms with Crippen molar-refractivity contribution < 1.29 is 42.5 Å². The van der Waals surface area contributed by atoms with E-state index in [0.717, 1.165) is 19.1 Å². The van der Waals surface area contributed by atoms with Gasteiger partial charge in [-0.15, -0.1) is 13.2 Å². The second kappa shape index (κ2) is 12.8. The molecule has 0 fully saturated rings. The molecule has 5 atom stereocenters. The Morgan fingerprint density at radius 3 is 2.06 bits per heavy atom. The fraction of sp³-hybridized carbons (Fsp3) is 0.625. The number of esters is 1. The molecule has 0 heterocycles. The molecular formula is C24H35F3O6. The number of ether oxygens (including phenoxy) is 1. The second-order valence-corrected chi connectivity index (χ2v) is 8.72. The number of alkyl halides is 3. The monoisotopic (exact) mass is 476 g/mol. The van der Waals surface area contributed by atoms with Crippen molar-refractivity contribution in [1.82, 2.24) is 0 Å². The van der Waals surface area contributed by atoms with Gasteiger partial charge in [-0.25, -0.2) is 0 Å². The van der Waals surface area contributed by atoms with E-state index in [2.05, 4.69) is 13.2 Å². The molecule has 0 aromatic carbocycles. The Balaban J connectivity index is 5.33. The van der Waals surface area contributed by atoms with Crippen molar-refractivity contribution in [3.05, 3.63) is 37.0 Å². The SMILES string of the molecule is C=CC/C(=C\C[C@H](OC(=O)C[C@H](O)C(C)(C)C(=O)[C@H](C)[C@@H](O)[C@@H](C)C=C)C(C)=O)C(F)(F)F. The summed E-state index contributed by atoms with van der Waals surface area (Å²) in [5.74, 6) is -3.44. The number of aliphatic hydroxyl groups is 2. The number of carbonyl (C=O) groups is 3. The fourth-order valence-corrected chi connectivity index (χ4v) is 3.14. The summed E-state index contributed by atoms with van der Waals surface area (Å²) in [4.78, 5) is 36.9. The topological polar surface area (TPSA) is 101 Å². The molecule has 9 heteroatoms. The largest absolute Gasteiger partial charge is 0.454 e. The van der Waals surface area contributed by atoms with Gasteiger partial charge in [-0.2, -0.15) is 13.2 Å². The van der Waals surface area contributed by atoms with E-state index in [1.807, 2.05) is 0 Å². The number of halogens is 3. The van der Waals surface area contributed by atoms with Gasteiger partial charge in [0.25, 0.3) is 0 Å². The maximum atomic E-state index is 13.0. The Kier molecular flexibility index (Phi) is 12.0. The van der Waals surface area contributed by atoms with Gasteiger partial charge in [0.05, 0.1) is 24.0 Å². The first kappa shape index (κ1) is 30.7. The van der Waals surface area contributed by atoms with Crippen molar-refractivity contribution in [2.24, 2.45) is 17.3 Å². The van der Waals surface area contributed by atoms with Crippen molar-refractivity contribution in [3.8, 4) is 0 Å². The highest BCUT2D eigenvalue weighted by Crippen LogP contribution is 2.32. The minimum atomic E-state index is -4.62. The van der Waals surface area contributed by atoms with E-state index in [0.29, 0.717) is 0 Å². The molecule has 0 saturated carbocycles. The van der Waals surface area contributed by atoms with Crippen LogP contribution in [0.5, 0.6) is 0 Å². The molecule has 0 bridgehead atoms. The Morgan fingerprint density at radius 2 is 1.64 bits per heavy atom. The zero-order valence-electron chi connectivity index (χ0n) is 19.8. The zero-order valence-corrected chi connectivity index (χ0v) is 19.8. The van der Waals surface area contributed by atoms with Gasteiger partial charge in [0.2, 0.25) is 0 Å². The highest BCUT2D eigenvalue weighted by atomic mass is 19.4. The molecule has 6 nitrogen and oxygen atoms in total. The first-order valence-corrected chi connectivity index (χ1v) is 10.6. The van der Waals surface area contributed by atoms with Crippen LogP contribution in [0.25, 0.3) is 0 Å². The Hall–Kier alpha value is -2.26. The van der Waals surface area contributed by atoms with Gasteiger partial charge in [-0.3, -0.25) is 14.4 Å². The molecular weight excluding hydrogens is 441 g/mol. The van der Waals surface area contributed by atoms with Crippen LogP contribution in [-0.4, -0.2) is 52.2 Å². The average Bonchev–Trinajstić information content (AvgIpc) is 2.71. The number of Topliss-reactive ketones (excluding diaryl/α,β-unsaturated/α-hetero) is 2. The van der Waals surface area contributed by atoms with Crippen LogP contribution >= 0.6 is 0 Å². The van der Waals surface area contributed by atoms with E-state index in [9.17, 15) is 37.8 Å². The lowest BCUT2D eigenvalue weighted by molar-refractivity contribution is -0.159. The lowest BCUT2D eigenvalue weighted by Crippen LogP contribution is -2.45. The molecule has 0 rings (SSSR count). The summed E-state index contributed by atoms with van der Waals surface area (Å²) < 4.78 is 44.0.